The smallest absolute Gasteiger partial charge is 0.417 e. The maximum atomic E-state index is 11.1. The molecule has 0 fully saturated rings. The van der Waals surface area contributed by atoms with Gasteiger partial charge in [0.2, 0.25) is 0 Å². The number of carboxylic acid groups (broad SMARTS) is 1. The number of aromatic amines is 1. The quantitative estimate of drug-likeness (QED) is 0.849. The minimum atomic E-state index is -0.886. The number of hydrogen-bond donors (Lipinski definition) is 2. The van der Waals surface area contributed by atoms with Gasteiger partial charge in [0.1, 0.15) is 0 Å². The molecule has 0 atom stereocenters. The number of H-pyrrole nitrogens is 1. The normalized spacial score (nSPS) is 11.9. The van der Waals surface area contributed by atoms with Crippen LogP contribution in [0.4, 0.5) is 0 Å². The summed E-state index contributed by atoms with van der Waals surface area (Å²) in [5, 5.41) is 9.08. The molecular formula is C12H13NO4. The molecule has 0 unspecified atom stereocenters. The second-order valence-corrected chi connectivity index (χ2v) is 4.67. The summed E-state index contributed by atoms with van der Waals surface area (Å²) in [6.07, 6.45) is 0.329. The Kier molecular flexibility index (Phi) is 2.53. The van der Waals surface area contributed by atoms with Gasteiger partial charge in [0.15, 0.2) is 5.58 Å². The summed E-state index contributed by atoms with van der Waals surface area (Å²) in [4.78, 5) is 24.7. The molecule has 0 aliphatic carbocycles. The van der Waals surface area contributed by atoms with Gasteiger partial charge in [-0.05, 0) is 31.9 Å². The molecular weight excluding hydrogens is 222 g/mol. The molecule has 1 aromatic carbocycles. The zero-order valence-corrected chi connectivity index (χ0v) is 9.61. The molecule has 0 spiro atoms. The van der Waals surface area contributed by atoms with Crippen LogP contribution >= 0.6 is 0 Å². The number of aromatic nitrogens is 1. The fourth-order valence-corrected chi connectivity index (χ4v) is 1.73. The largest absolute Gasteiger partial charge is 0.481 e. The van der Waals surface area contributed by atoms with Crippen LogP contribution < -0.4 is 5.76 Å². The molecule has 2 aromatic rings. The second-order valence-electron chi connectivity index (χ2n) is 4.67. The van der Waals surface area contributed by atoms with Gasteiger partial charge < -0.3 is 9.52 Å². The Bertz CT molecular complexity index is 621. The van der Waals surface area contributed by atoms with E-state index in [0.29, 0.717) is 17.5 Å². The lowest BCUT2D eigenvalue weighted by molar-refractivity contribution is -0.146. The lowest BCUT2D eigenvalue weighted by Gasteiger charge is -2.18. The van der Waals surface area contributed by atoms with E-state index in [1.807, 2.05) is 0 Å². The van der Waals surface area contributed by atoms with Gasteiger partial charge in [0.25, 0.3) is 0 Å². The van der Waals surface area contributed by atoms with Crippen LogP contribution in [0, 0.1) is 5.41 Å². The van der Waals surface area contributed by atoms with Crippen LogP contribution in [0.5, 0.6) is 0 Å². The van der Waals surface area contributed by atoms with E-state index in [9.17, 15) is 9.59 Å². The van der Waals surface area contributed by atoms with Crippen molar-refractivity contribution >= 4 is 17.1 Å². The van der Waals surface area contributed by atoms with Crippen molar-refractivity contribution in [1.82, 2.24) is 4.98 Å². The summed E-state index contributed by atoms with van der Waals surface area (Å²) < 4.78 is 4.92. The number of aliphatic carboxylic acids is 1. The van der Waals surface area contributed by atoms with Gasteiger partial charge >= 0.3 is 11.7 Å². The monoisotopic (exact) mass is 235 g/mol. The van der Waals surface area contributed by atoms with Crippen LogP contribution in [0.2, 0.25) is 0 Å². The first kappa shape index (κ1) is 11.4. The number of fused-ring (bicyclic) bond motifs is 1. The van der Waals surface area contributed by atoms with E-state index in [-0.39, 0.29) is 0 Å². The summed E-state index contributed by atoms with van der Waals surface area (Å²) in [5.74, 6) is -1.40. The highest BCUT2D eigenvalue weighted by Crippen LogP contribution is 2.25. The maximum Gasteiger partial charge on any atom is 0.417 e. The van der Waals surface area contributed by atoms with Gasteiger partial charge in [-0.25, -0.2) is 4.79 Å². The molecule has 0 radical (unpaired) electrons. The minimum absolute atomic E-state index is 0.329. The van der Waals surface area contributed by atoms with Gasteiger partial charge in [0.05, 0.1) is 10.9 Å². The van der Waals surface area contributed by atoms with Crippen molar-refractivity contribution in [2.24, 2.45) is 5.41 Å². The van der Waals surface area contributed by atoms with Crippen LogP contribution in [0.25, 0.3) is 11.1 Å². The van der Waals surface area contributed by atoms with Crippen molar-refractivity contribution in [2.75, 3.05) is 0 Å². The third-order valence-electron chi connectivity index (χ3n) is 2.75. The molecule has 17 heavy (non-hydrogen) atoms. The van der Waals surface area contributed by atoms with Crippen LogP contribution in [0.3, 0.4) is 0 Å². The van der Waals surface area contributed by atoms with Crippen molar-refractivity contribution in [3.63, 3.8) is 0 Å². The molecule has 0 aliphatic heterocycles. The van der Waals surface area contributed by atoms with Crippen molar-refractivity contribution in [3.8, 4) is 0 Å². The topological polar surface area (TPSA) is 83.3 Å². The number of rotatable bonds is 3. The van der Waals surface area contributed by atoms with E-state index < -0.39 is 17.1 Å². The van der Waals surface area contributed by atoms with E-state index in [1.54, 1.807) is 32.0 Å². The number of para-hydroxylation sites is 1. The summed E-state index contributed by atoms with van der Waals surface area (Å²) in [7, 11) is 0. The van der Waals surface area contributed by atoms with E-state index in [1.165, 1.54) is 0 Å². The van der Waals surface area contributed by atoms with Crippen LogP contribution in [-0.4, -0.2) is 16.1 Å². The molecule has 90 valence electrons. The van der Waals surface area contributed by atoms with Gasteiger partial charge in [-0.2, -0.15) is 0 Å². The fourth-order valence-electron chi connectivity index (χ4n) is 1.73. The van der Waals surface area contributed by atoms with Gasteiger partial charge in [-0.1, -0.05) is 12.1 Å². The zero-order valence-electron chi connectivity index (χ0n) is 9.61. The highest BCUT2D eigenvalue weighted by Gasteiger charge is 2.28. The molecule has 2 N–H and O–H groups in total. The number of benzene rings is 1. The van der Waals surface area contributed by atoms with E-state index in [0.717, 1.165) is 5.56 Å². The van der Waals surface area contributed by atoms with Crippen molar-refractivity contribution in [3.05, 3.63) is 34.3 Å². The van der Waals surface area contributed by atoms with E-state index >= 15 is 0 Å². The Balaban J connectivity index is 2.49. The minimum Gasteiger partial charge on any atom is -0.481 e. The van der Waals surface area contributed by atoms with E-state index in [2.05, 4.69) is 4.98 Å². The molecule has 5 heteroatoms. The second kappa shape index (κ2) is 3.76. The Hall–Kier alpha value is -2.04. The van der Waals surface area contributed by atoms with Crippen molar-refractivity contribution in [1.29, 1.82) is 0 Å². The molecule has 0 bridgehead atoms. The Morgan fingerprint density at radius 3 is 2.82 bits per heavy atom. The standard InChI is InChI=1S/C12H13NO4/c1-12(2,10(14)15)6-7-4-3-5-8-9(7)13-11(16)17-8/h3-5H,6H2,1-2H3,(H,13,16)(H,14,15). The molecule has 1 aromatic heterocycles. The summed E-state index contributed by atoms with van der Waals surface area (Å²) >= 11 is 0. The average Bonchev–Trinajstić information content (AvgIpc) is 2.59. The van der Waals surface area contributed by atoms with Crippen LogP contribution in [0.15, 0.2) is 27.4 Å². The Labute approximate surface area is 97.1 Å². The van der Waals surface area contributed by atoms with Crippen LogP contribution in [-0.2, 0) is 11.2 Å². The predicted molar refractivity (Wildman–Crippen MR) is 62.0 cm³/mol. The summed E-state index contributed by atoms with van der Waals surface area (Å²) in [6.45, 7) is 3.29. The van der Waals surface area contributed by atoms with Crippen LogP contribution in [0.1, 0.15) is 19.4 Å². The third kappa shape index (κ3) is 2.08. The fraction of sp³-hybridized carbons (Fsp3) is 0.333. The zero-order chi connectivity index (χ0) is 12.6. The molecule has 0 saturated heterocycles. The van der Waals surface area contributed by atoms with Crippen molar-refractivity contribution in [2.45, 2.75) is 20.3 Å². The van der Waals surface area contributed by atoms with Gasteiger partial charge in [0, 0.05) is 0 Å². The van der Waals surface area contributed by atoms with Gasteiger partial charge in [-0.15, -0.1) is 0 Å². The molecule has 0 amide bonds. The lowest BCUT2D eigenvalue weighted by Crippen LogP contribution is -2.26. The average molecular weight is 235 g/mol. The number of carboxylic acids is 1. The van der Waals surface area contributed by atoms with Gasteiger partial charge in [-0.3, -0.25) is 9.78 Å². The Morgan fingerprint density at radius 2 is 2.18 bits per heavy atom. The molecule has 0 aliphatic rings. The number of oxazole rings is 1. The lowest BCUT2D eigenvalue weighted by atomic mass is 9.85. The maximum absolute atomic E-state index is 11.1. The first-order valence-electron chi connectivity index (χ1n) is 5.24. The third-order valence-corrected chi connectivity index (χ3v) is 2.75. The summed E-state index contributed by atoms with van der Waals surface area (Å²) in [6, 6.07) is 5.20. The van der Waals surface area contributed by atoms with Crippen molar-refractivity contribution < 1.29 is 14.3 Å². The molecule has 5 nitrogen and oxygen atoms in total. The Morgan fingerprint density at radius 1 is 1.47 bits per heavy atom. The highest BCUT2D eigenvalue weighted by atomic mass is 16.4. The molecule has 0 saturated carbocycles. The number of carbonyl (C=O) groups is 1. The highest BCUT2D eigenvalue weighted by molar-refractivity contribution is 5.79. The number of nitrogens with one attached hydrogen (secondary N) is 1. The van der Waals surface area contributed by atoms with E-state index in [4.69, 9.17) is 9.52 Å². The summed E-state index contributed by atoms with van der Waals surface area (Å²) in [5.41, 5.74) is 0.906. The predicted octanol–water partition coefficient (Wildman–Crippen LogP) is 1.77. The number of hydrogen-bond acceptors (Lipinski definition) is 3. The SMILES string of the molecule is CC(C)(Cc1cccc2oc(=O)[nH]c12)C(=O)O. The molecule has 1 heterocycles. The molecule has 2 rings (SSSR count). The first-order chi connectivity index (χ1) is 7.90. The first-order valence-corrected chi connectivity index (χ1v) is 5.24.